The first-order valence-corrected chi connectivity index (χ1v) is 20.0. The van der Waals surface area contributed by atoms with Crippen LogP contribution in [0.5, 0.6) is 0 Å². The number of hydrogen-bond acceptors (Lipinski definition) is 11. The van der Waals surface area contributed by atoms with Gasteiger partial charge in [-0.2, -0.15) is 0 Å². The van der Waals surface area contributed by atoms with Crippen LogP contribution >= 0.6 is 11.8 Å². The zero-order valence-corrected chi connectivity index (χ0v) is 34.1. The molecule has 0 radical (unpaired) electrons. The third kappa shape index (κ3) is 16.5. The molecule has 0 aromatic heterocycles. The summed E-state index contributed by atoms with van der Waals surface area (Å²) < 4.78 is 0. The van der Waals surface area contributed by atoms with Gasteiger partial charge in [0, 0.05) is 12.2 Å². The standard InChI is InChI=1S/C38H58N8O10S/c1-7-21(6)31(40)37(55)44-25(16-29(39)47)34(52)46-28-18-57-38(56)27(14-20(4)5)45-32(50)23(13-19(2)3)41-33(51)24(15-22-11-9-8-10-12-22)42-35(53)26(17-30(48)49)43-36(28)54/h8-12,19-21,23-28,31H,7,13-18,40H2,1-6H3,(H2,39,47)(H,41,51)(H,42,53)(H,43,54)(H,44,55)(H,45,50)(H,46,52)(H,48,49)/t21?,23-,24-,25-,26-,27-,28-,31-/m0/s1. The number of carboxylic acid groups (broad SMARTS) is 1. The molecule has 316 valence electrons. The molecule has 1 unspecified atom stereocenters. The van der Waals surface area contributed by atoms with Crippen molar-refractivity contribution < 1.29 is 48.3 Å². The van der Waals surface area contributed by atoms with Gasteiger partial charge >= 0.3 is 5.97 Å². The van der Waals surface area contributed by atoms with Crippen LogP contribution in [0.2, 0.25) is 0 Å². The maximum atomic E-state index is 13.9. The minimum absolute atomic E-state index is 0.0837. The fourth-order valence-corrected chi connectivity index (χ4v) is 6.75. The number of benzene rings is 1. The number of primary amides is 1. The molecule has 1 fully saturated rings. The third-order valence-corrected chi connectivity index (χ3v) is 10.3. The maximum Gasteiger partial charge on any atom is 0.305 e. The highest BCUT2D eigenvalue weighted by molar-refractivity contribution is 8.13. The van der Waals surface area contributed by atoms with Crippen LogP contribution in [-0.4, -0.2) is 106 Å². The SMILES string of the molecule is CCC(C)[C@H](N)C(=O)N[C@@H](CC(N)=O)C(=O)N[C@H]1CSC(=O)[C@H](CC(C)C)NC(=O)[C@H](CC(C)C)NC(=O)[C@H](Cc2ccccc2)NC(=O)[C@H](CC(=O)O)NC1=O. The molecular formula is C38H58N8O10S. The molecule has 1 heterocycles. The first-order valence-electron chi connectivity index (χ1n) is 19.0. The second-order valence-electron chi connectivity index (χ2n) is 15.1. The number of carboxylic acids is 1. The summed E-state index contributed by atoms with van der Waals surface area (Å²) in [4.78, 5) is 120. The Kier molecular flexibility index (Phi) is 19.6. The summed E-state index contributed by atoms with van der Waals surface area (Å²) in [5.41, 5.74) is 12.0. The van der Waals surface area contributed by atoms with E-state index in [4.69, 9.17) is 11.5 Å². The minimum Gasteiger partial charge on any atom is -0.481 e. The van der Waals surface area contributed by atoms with Crippen molar-refractivity contribution in [2.75, 3.05) is 5.75 Å². The molecule has 0 aliphatic carbocycles. The first kappa shape index (κ1) is 48.1. The van der Waals surface area contributed by atoms with E-state index in [-0.39, 0.29) is 37.0 Å². The highest BCUT2D eigenvalue weighted by atomic mass is 32.2. The lowest BCUT2D eigenvalue weighted by Crippen LogP contribution is -2.61. The first-order chi connectivity index (χ1) is 26.7. The number of carbonyl (C=O) groups excluding carboxylic acids is 8. The van der Waals surface area contributed by atoms with E-state index in [0.29, 0.717) is 23.7 Å². The van der Waals surface area contributed by atoms with E-state index in [1.807, 2.05) is 27.7 Å². The second-order valence-corrected chi connectivity index (χ2v) is 16.1. The number of aliphatic carboxylic acids is 1. The van der Waals surface area contributed by atoms with Gasteiger partial charge in [-0.25, -0.2) is 0 Å². The molecule has 1 aliphatic rings. The lowest BCUT2D eigenvalue weighted by molar-refractivity contribution is -0.141. The number of amides is 7. The number of nitrogens with two attached hydrogens (primary N) is 2. The van der Waals surface area contributed by atoms with Crippen molar-refractivity contribution >= 4 is 64.2 Å². The van der Waals surface area contributed by atoms with Crippen molar-refractivity contribution in [2.24, 2.45) is 29.2 Å². The van der Waals surface area contributed by atoms with Crippen LogP contribution < -0.4 is 43.4 Å². The Bertz CT molecular complexity index is 1610. The molecule has 0 saturated carbocycles. The van der Waals surface area contributed by atoms with E-state index in [1.165, 1.54) is 0 Å². The molecule has 1 aromatic carbocycles. The Morgan fingerprint density at radius 1 is 0.789 bits per heavy atom. The topological polar surface area (TPSA) is 298 Å². The average Bonchev–Trinajstić information content (AvgIpc) is 3.13. The zero-order valence-electron chi connectivity index (χ0n) is 33.3. The lowest BCUT2D eigenvalue weighted by Gasteiger charge is -2.29. The fraction of sp³-hybridized carbons (Fsp3) is 0.605. The highest BCUT2D eigenvalue weighted by Crippen LogP contribution is 2.17. The van der Waals surface area contributed by atoms with Crippen LogP contribution in [-0.2, 0) is 49.6 Å². The Balaban J connectivity index is 2.65. The summed E-state index contributed by atoms with van der Waals surface area (Å²) in [6, 6.07) is -1.17. The van der Waals surface area contributed by atoms with Crippen LogP contribution in [0.25, 0.3) is 0 Å². The van der Waals surface area contributed by atoms with Crippen LogP contribution in [0.1, 0.15) is 79.2 Å². The van der Waals surface area contributed by atoms with Crippen molar-refractivity contribution in [3.05, 3.63) is 35.9 Å². The van der Waals surface area contributed by atoms with Gasteiger partial charge in [0.15, 0.2) is 0 Å². The molecule has 0 bridgehead atoms. The molecule has 19 heteroatoms. The highest BCUT2D eigenvalue weighted by Gasteiger charge is 2.37. The fourth-order valence-electron chi connectivity index (χ4n) is 5.83. The summed E-state index contributed by atoms with van der Waals surface area (Å²) in [6.45, 7) is 10.8. The maximum absolute atomic E-state index is 13.9. The summed E-state index contributed by atoms with van der Waals surface area (Å²) in [7, 11) is 0. The normalized spacial score (nSPS) is 23.0. The van der Waals surface area contributed by atoms with Gasteiger partial charge in [0.25, 0.3) is 0 Å². The molecule has 8 atom stereocenters. The van der Waals surface area contributed by atoms with Crippen molar-refractivity contribution in [2.45, 2.75) is 122 Å². The second kappa shape index (κ2) is 23.3. The van der Waals surface area contributed by atoms with Gasteiger partial charge in [-0.05, 0) is 36.2 Å². The van der Waals surface area contributed by atoms with E-state index < -0.39 is 113 Å². The monoisotopic (exact) mass is 818 g/mol. The van der Waals surface area contributed by atoms with Gasteiger partial charge < -0.3 is 48.5 Å². The van der Waals surface area contributed by atoms with Crippen molar-refractivity contribution in [3.63, 3.8) is 0 Å². The Hall–Kier alpha value is -5.04. The average molecular weight is 819 g/mol. The zero-order chi connectivity index (χ0) is 43.0. The van der Waals surface area contributed by atoms with Gasteiger partial charge in [0.05, 0.1) is 24.9 Å². The van der Waals surface area contributed by atoms with Gasteiger partial charge in [-0.3, -0.25) is 43.2 Å². The van der Waals surface area contributed by atoms with E-state index in [1.54, 1.807) is 44.2 Å². The molecule has 11 N–H and O–H groups in total. The van der Waals surface area contributed by atoms with Crippen molar-refractivity contribution in [1.29, 1.82) is 0 Å². The molecule has 1 aliphatic heterocycles. The smallest absolute Gasteiger partial charge is 0.305 e. The molecular weight excluding hydrogens is 761 g/mol. The van der Waals surface area contributed by atoms with Crippen LogP contribution in [0.15, 0.2) is 30.3 Å². The molecule has 2 rings (SSSR count). The summed E-state index contributed by atoms with van der Waals surface area (Å²) in [5.74, 6) is -8.93. The molecule has 7 amide bonds. The lowest BCUT2D eigenvalue weighted by atomic mass is 9.99. The summed E-state index contributed by atoms with van der Waals surface area (Å²) >= 11 is 0.570. The third-order valence-electron chi connectivity index (χ3n) is 9.20. The quantitative estimate of drug-likeness (QED) is 0.0994. The molecule has 1 aromatic rings. The van der Waals surface area contributed by atoms with Crippen molar-refractivity contribution in [3.8, 4) is 0 Å². The van der Waals surface area contributed by atoms with E-state index >= 15 is 0 Å². The summed E-state index contributed by atoms with van der Waals surface area (Å²) in [6.07, 6.45) is -0.878. The number of rotatable bonds is 16. The Morgan fingerprint density at radius 3 is 1.88 bits per heavy atom. The molecule has 0 spiro atoms. The largest absolute Gasteiger partial charge is 0.481 e. The number of hydrogen-bond donors (Lipinski definition) is 9. The Morgan fingerprint density at radius 2 is 1.32 bits per heavy atom. The molecule has 1 saturated heterocycles. The van der Waals surface area contributed by atoms with E-state index in [2.05, 4.69) is 31.9 Å². The predicted molar refractivity (Wildman–Crippen MR) is 212 cm³/mol. The van der Waals surface area contributed by atoms with Gasteiger partial charge in [0.1, 0.15) is 30.2 Å². The van der Waals surface area contributed by atoms with Crippen LogP contribution in [0.3, 0.4) is 0 Å². The summed E-state index contributed by atoms with van der Waals surface area (Å²) in [5, 5.41) is 24.2. The van der Waals surface area contributed by atoms with E-state index in [0.717, 1.165) is 0 Å². The minimum atomic E-state index is -1.80. The molecule has 57 heavy (non-hydrogen) atoms. The number of thioether (sulfide) groups is 1. The Labute approximate surface area is 336 Å². The van der Waals surface area contributed by atoms with Gasteiger partial charge in [0.2, 0.25) is 46.5 Å². The van der Waals surface area contributed by atoms with Crippen molar-refractivity contribution in [1.82, 2.24) is 31.9 Å². The van der Waals surface area contributed by atoms with Gasteiger partial charge in [-0.1, -0.05) is 90.1 Å². The predicted octanol–water partition coefficient (Wildman–Crippen LogP) is -0.773. The van der Waals surface area contributed by atoms with Crippen LogP contribution in [0.4, 0.5) is 0 Å². The van der Waals surface area contributed by atoms with E-state index in [9.17, 15) is 48.3 Å². The molecule has 18 nitrogen and oxygen atoms in total. The number of carbonyl (C=O) groups is 9. The van der Waals surface area contributed by atoms with Gasteiger partial charge in [-0.15, -0.1) is 0 Å². The van der Waals surface area contributed by atoms with Crippen LogP contribution in [0, 0.1) is 17.8 Å². The number of nitrogens with one attached hydrogen (secondary N) is 6.